The molecule has 1 aliphatic rings. The summed E-state index contributed by atoms with van der Waals surface area (Å²) in [7, 11) is 0. The van der Waals surface area contributed by atoms with Crippen molar-refractivity contribution < 1.29 is 18.7 Å². The smallest absolute Gasteiger partial charge is 0.307 e. The zero-order chi connectivity index (χ0) is 15.4. The van der Waals surface area contributed by atoms with Gasteiger partial charge in [0.2, 0.25) is 0 Å². The lowest BCUT2D eigenvalue weighted by molar-refractivity contribution is -0.144. The molecule has 0 radical (unpaired) electrons. The first-order chi connectivity index (χ1) is 9.95. The van der Waals surface area contributed by atoms with E-state index in [4.69, 9.17) is 5.11 Å². The van der Waals surface area contributed by atoms with Gasteiger partial charge >= 0.3 is 5.97 Å². The largest absolute Gasteiger partial charge is 0.481 e. The van der Waals surface area contributed by atoms with E-state index in [9.17, 15) is 13.6 Å². The number of carboxylic acid groups (broad SMARTS) is 1. The van der Waals surface area contributed by atoms with Crippen LogP contribution in [0.4, 0.5) is 8.78 Å². The van der Waals surface area contributed by atoms with Crippen molar-refractivity contribution in [3.63, 3.8) is 0 Å². The fraction of sp³-hybridized carbons (Fsp3) is 0.438. The van der Waals surface area contributed by atoms with Gasteiger partial charge in [-0.2, -0.15) is 0 Å². The van der Waals surface area contributed by atoms with E-state index in [1.807, 2.05) is 11.8 Å². The topological polar surface area (TPSA) is 40.5 Å². The van der Waals surface area contributed by atoms with Gasteiger partial charge in [0.15, 0.2) is 0 Å². The molecule has 0 bridgehead atoms. The molecule has 1 aliphatic heterocycles. The molecular formula is C16H19F2NO2. The van der Waals surface area contributed by atoms with Gasteiger partial charge in [0.05, 0.1) is 5.92 Å². The normalized spacial score (nSPS) is 23.6. The summed E-state index contributed by atoms with van der Waals surface area (Å²) in [5.74, 6) is -1.97. The molecule has 21 heavy (non-hydrogen) atoms. The molecule has 3 nitrogen and oxygen atoms in total. The van der Waals surface area contributed by atoms with Crippen molar-refractivity contribution in [1.82, 2.24) is 4.90 Å². The molecule has 1 heterocycles. The summed E-state index contributed by atoms with van der Waals surface area (Å²) in [6, 6.07) is 3.45. The van der Waals surface area contributed by atoms with Crippen LogP contribution in [0.5, 0.6) is 0 Å². The summed E-state index contributed by atoms with van der Waals surface area (Å²) >= 11 is 0. The average molecular weight is 295 g/mol. The summed E-state index contributed by atoms with van der Waals surface area (Å²) < 4.78 is 26.3. The molecule has 1 saturated heterocycles. The molecule has 114 valence electrons. The number of rotatable bonds is 4. The number of aliphatic carboxylic acids is 1. The van der Waals surface area contributed by atoms with Crippen molar-refractivity contribution in [2.45, 2.75) is 13.3 Å². The molecule has 1 aromatic carbocycles. The minimum Gasteiger partial charge on any atom is -0.481 e. The lowest BCUT2D eigenvalue weighted by Gasteiger charge is -2.33. The number of nitrogens with zero attached hydrogens (tertiary/aromatic N) is 1. The van der Waals surface area contributed by atoms with Crippen LogP contribution < -0.4 is 0 Å². The number of carboxylic acids is 1. The molecule has 1 aromatic rings. The van der Waals surface area contributed by atoms with E-state index in [0.29, 0.717) is 31.0 Å². The average Bonchev–Trinajstić information content (AvgIpc) is 2.40. The lowest BCUT2D eigenvalue weighted by atomic mass is 9.90. The Morgan fingerprint density at radius 3 is 2.86 bits per heavy atom. The second-order valence-corrected chi connectivity index (χ2v) is 5.66. The molecule has 0 spiro atoms. The molecule has 0 saturated carbocycles. The number of hydrogen-bond acceptors (Lipinski definition) is 2. The second-order valence-electron chi connectivity index (χ2n) is 5.66. The maximum Gasteiger partial charge on any atom is 0.307 e. The first-order valence-corrected chi connectivity index (χ1v) is 7.02. The van der Waals surface area contributed by atoms with E-state index in [0.717, 1.165) is 12.6 Å². The quantitative estimate of drug-likeness (QED) is 0.928. The van der Waals surface area contributed by atoms with Crippen molar-refractivity contribution in [2.75, 3.05) is 19.6 Å². The Balaban J connectivity index is 1.95. The second kappa shape index (κ2) is 6.80. The molecule has 0 aromatic heterocycles. The fourth-order valence-corrected chi connectivity index (χ4v) is 2.76. The lowest BCUT2D eigenvalue weighted by Crippen LogP contribution is -2.42. The summed E-state index contributed by atoms with van der Waals surface area (Å²) in [5, 5.41) is 9.11. The summed E-state index contributed by atoms with van der Waals surface area (Å²) in [4.78, 5) is 13.1. The predicted molar refractivity (Wildman–Crippen MR) is 76.7 cm³/mol. The van der Waals surface area contributed by atoms with Crippen molar-refractivity contribution in [2.24, 2.45) is 11.8 Å². The van der Waals surface area contributed by atoms with Gasteiger partial charge in [-0.1, -0.05) is 19.1 Å². The van der Waals surface area contributed by atoms with Crippen LogP contribution in [0.3, 0.4) is 0 Å². The molecule has 5 heteroatoms. The predicted octanol–water partition coefficient (Wildman–Crippen LogP) is 3.02. The number of carbonyl (C=O) groups is 1. The van der Waals surface area contributed by atoms with Gasteiger partial charge in [-0.3, -0.25) is 9.69 Å². The van der Waals surface area contributed by atoms with Gasteiger partial charge in [-0.05, 0) is 24.5 Å². The van der Waals surface area contributed by atoms with Gasteiger partial charge in [-0.15, -0.1) is 0 Å². The van der Waals surface area contributed by atoms with E-state index in [-0.39, 0.29) is 5.92 Å². The number of benzene rings is 1. The molecule has 2 unspecified atom stereocenters. The maximum atomic E-state index is 13.5. The van der Waals surface area contributed by atoms with Crippen LogP contribution in [0.25, 0.3) is 6.08 Å². The monoisotopic (exact) mass is 295 g/mol. The minimum atomic E-state index is -0.764. The van der Waals surface area contributed by atoms with E-state index in [2.05, 4.69) is 0 Å². The third-order valence-electron chi connectivity index (χ3n) is 3.71. The summed E-state index contributed by atoms with van der Waals surface area (Å²) in [6.07, 6.45) is 4.08. The van der Waals surface area contributed by atoms with E-state index in [1.54, 1.807) is 12.2 Å². The third kappa shape index (κ3) is 4.36. The van der Waals surface area contributed by atoms with Crippen LogP contribution in [0.15, 0.2) is 24.3 Å². The minimum absolute atomic E-state index is 0.329. The number of hydrogen-bond donors (Lipinski definition) is 1. The van der Waals surface area contributed by atoms with Gasteiger partial charge in [0.1, 0.15) is 11.6 Å². The Morgan fingerprint density at radius 2 is 2.19 bits per heavy atom. The van der Waals surface area contributed by atoms with Crippen LogP contribution in [-0.4, -0.2) is 35.6 Å². The summed E-state index contributed by atoms with van der Waals surface area (Å²) in [5.41, 5.74) is 0.330. The molecular weight excluding hydrogens is 276 g/mol. The number of likely N-dealkylation sites (tertiary alicyclic amines) is 1. The van der Waals surface area contributed by atoms with Gasteiger partial charge < -0.3 is 5.11 Å². The van der Waals surface area contributed by atoms with Gasteiger partial charge in [0, 0.05) is 31.3 Å². The van der Waals surface area contributed by atoms with E-state index >= 15 is 0 Å². The van der Waals surface area contributed by atoms with Crippen molar-refractivity contribution in [3.8, 4) is 0 Å². The van der Waals surface area contributed by atoms with Crippen molar-refractivity contribution >= 4 is 12.0 Å². The van der Waals surface area contributed by atoms with Crippen LogP contribution in [-0.2, 0) is 4.79 Å². The molecule has 1 fully saturated rings. The van der Waals surface area contributed by atoms with Crippen LogP contribution in [0, 0.1) is 23.5 Å². The maximum absolute atomic E-state index is 13.5. The highest BCUT2D eigenvalue weighted by atomic mass is 19.1. The molecule has 2 atom stereocenters. The molecule has 0 amide bonds. The zero-order valence-electron chi connectivity index (χ0n) is 11.9. The van der Waals surface area contributed by atoms with Crippen LogP contribution in [0.2, 0.25) is 0 Å². The Kier molecular flexibility index (Phi) is 5.07. The Labute approximate surface area is 122 Å². The van der Waals surface area contributed by atoms with Gasteiger partial charge in [-0.25, -0.2) is 8.78 Å². The van der Waals surface area contributed by atoms with E-state index < -0.39 is 17.6 Å². The van der Waals surface area contributed by atoms with Crippen molar-refractivity contribution in [3.05, 3.63) is 41.5 Å². The van der Waals surface area contributed by atoms with Crippen LogP contribution >= 0.6 is 0 Å². The third-order valence-corrected chi connectivity index (χ3v) is 3.71. The van der Waals surface area contributed by atoms with Crippen LogP contribution in [0.1, 0.15) is 18.9 Å². The Bertz CT molecular complexity index is 545. The molecule has 2 rings (SSSR count). The zero-order valence-corrected chi connectivity index (χ0v) is 11.9. The Hall–Kier alpha value is -1.75. The highest BCUT2D eigenvalue weighted by Gasteiger charge is 2.28. The SMILES string of the molecule is CC1CC(C(=O)O)CN(C/C=C/c2ccc(F)cc2F)C1. The molecule has 1 N–H and O–H groups in total. The fourth-order valence-electron chi connectivity index (χ4n) is 2.76. The molecule has 0 aliphatic carbocycles. The Morgan fingerprint density at radius 1 is 1.43 bits per heavy atom. The van der Waals surface area contributed by atoms with Crippen molar-refractivity contribution in [1.29, 1.82) is 0 Å². The van der Waals surface area contributed by atoms with E-state index in [1.165, 1.54) is 12.1 Å². The first-order valence-electron chi connectivity index (χ1n) is 7.02. The standard InChI is InChI=1S/C16H19F2NO2/c1-11-7-13(16(20)21)10-19(9-11)6-2-3-12-4-5-14(17)8-15(12)18/h2-5,8,11,13H,6-7,9-10H2,1H3,(H,20,21)/b3-2+. The highest BCUT2D eigenvalue weighted by Crippen LogP contribution is 2.21. The number of piperidine rings is 1. The number of halogens is 2. The highest BCUT2D eigenvalue weighted by molar-refractivity contribution is 5.70. The van der Waals surface area contributed by atoms with Gasteiger partial charge in [0.25, 0.3) is 0 Å². The summed E-state index contributed by atoms with van der Waals surface area (Å²) in [6.45, 7) is 3.94. The first kappa shape index (κ1) is 15.6.